The van der Waals surface area contributed by atoms with Crippen LogP contribution in [0.25, 0.3) is 0 Å². The van der Waals surface area contributed by atoms with Crippen molar-refractivity contribution in [1.29, 1.82) is 0 Å². The molecule has 1 fully saturated rings. The molecule has 0 bridgehead atoms. The summed E-state index contributed by atoms with van der Waals surface area (Å²) in [7, 11) is -3.66. The molecule has 0 saturated carbocycles. The highest BCUT2D eigenvalue weighted by Crippen LogP contribution is 2.26. The minimum Gasteiger partial charge on any atom is -0.350 e. The van der Waals surface area contributed by atoms with Crippen LogP contribution in [0.5, 0.6) is 0 Å². The van der Waals surface area contributed by atoms with E-state index in [1.54, 1.807) is 24.3 Å². The topological polar surface area (TPSA) is 69.7 Å². The summed E-state index contributed by atoms with van der Waals surface area (Å²) in [6.45, 7) is 3.19. The molecule has 8 heteroatoms. The zero-order valence-electron chi connectivity index (χ0n) is 16.5. The average Bonchev–Trinajstić information content (AvgIpc) is 3.18. The first kappa shape index (κ1) is 21.6. The van der Waals surface area contributed by atoms with E-state index in [1.807, 2.05) is 12.1 Å². The summed E-state index contributed by atoms with van der Waals surface area (Å²) in [4.78, 5) is 14.9. The van der Waals surface area contributed by atoms with Gasteiger partial charge in [-0.2, -0.15) is 0 Å². The van der Waals surface area contributed by atoms with Gasteiger partial charge in [0, 0.05) is 13.1 Å². The number of nitrogens with zero attached hydrogens (tertiary/aromatic N) is 2. The van der Waals surface area contributed by atoms with Gasteiger partial charge in [0.25, 0.3) is 0 Å². The highest BCUT2D eigenvalue weighted by Gasteiger charge is 2.22. The second-order valence-corrected chi connectivity index (χ2v) is 9.61. The van der Waals surface area contributed by atoms with Crippen LogP contribution in [-0.4, -0.2) is 45.1 Å². The Balaban J connectivity index is 1.61. The van der Waals surface area contributed by atoms with Gasteiger partial charge in [0.05, 0.1) is 17.0 Å². The quantitative estimate of drug-likeness (QED) is 0.692. The lowest BCUT2D eigenvalue weighted by Gasteiger charge is -2.23. The second kappa shape index (κ2) is 9.61. The smallest absolute Gasteiger partial charge is 0.241 e. The summed E-state index contributed by atoms with van der Waals surface area (Å²) in [5.41, 5.74) is 2.49. The Labute approximate surface area is 177 Å². The molecule has 1 aliphatic heterocycles. The third-order valence-corrected chi connectivity index (χ3v) is 6.34. The predicted octanol–water partition coefficient (Wildman–Crippen LogP) is 3.02. The molecular formula is C21H26ClN3O3S. The van der Waals surface area contributed by atoms with Gasteiger partial charge in [-0.05, 0) is 49.2 Å². The molecule has 0 spiro atoms. The van der Waals surface area contributed by atoms with Gasteiger partial charge in [-0.3, -0.25) is 14.0 Å². The van der Waals surface area contributed by atoms with Gasteiger partial charge in [0.15, 0.2) is 0 Å². The van der Waals surface area contributed by atoms with Crippen molar-refractivity contribution in [1.82, 2.24) is 10.2 Å². The predicted molar refractivity (Wildman–Crippen MR) is 116 cm³/mol. The van der Waals surface area contributed by atoms with Crippen molar-refractivity contribution in [2.24, 2.45) is 0 Å². The number of carbonyl (C=O) groups is 1. The molecule has 0 radical (unpaired) electrons. The fraction of sp³-hybridized carbons (Fsp3) is 0.381. The number of nitrogens with one attached hydrogen (secondary N) is 1. The van der Waals surface area contributed by atoms with E-state index in [0.29, 0.717) is 12.2 Å². The normalized spacial score (nSPS) is 14.7. The lowest BCUT2D eigenvalue weighted by molar-refractivity contribution is -0.119. The molecule has 1 saturated heterocycles. The van der Waals surface area contributed by atoms with Gasteiger partial charge in [0.2, 0.25) is 15.9 Å². The highest BCUT2D eigenvalue weighted by molar-refractivity contribution is 7.92. The summed E-state index contributed by atoms with van der Waals surface area (Å²) in [6.07, 6.45) is 3.56. The summed E-state index contributed by atoms with van der Waals surface area (Å²) in [5, 5.41) is 3.09. The van der Waals surface area contributed by atoms with Crippen molar-refractivity contribution in [3.8, 4) is 0 Å². The van der Waals surface area contributed by atoms with Crippen LogP contribution in [0.2, 0.25) is 5.02 Å². The van der Waals surface area contributed by atoms with Crippen molar-refractivity contribution in [3.63, 3.8) is 0 Å². The number of benzene rings is 2. The molecule has 0 atom stereocenters. The number of sulfonamides is 1. The maximum atomic E-state index is 12.5. The Bertz CT molecular complexity index is 959. The van der Waals surface area contributed by atoms with Crippen molar-refractivity contribution in [3.05, 3.63) is 64.7 Å². The Hall–Kier alpha value is -2.09. The molecule has 3 rings (SSSR count). The summed E-state index contributed by atoms with van der Waals surface area (Å²) >= 11 is 6.13. The monoisotopic (exact) mass is 435 g/mol. The Morgan fingerprint density at radius 2 is 1.79 bits per heavy atom. The maximum Gasteiger partial charge on any atom is 0.241 e. The fourth-order valence-electron chi connectivity index (χ4n) is 3.46. The molecule has 0 aromatic heterocycles. The number of hydrogen-bond donors (Lipinski definition) is 1. The van der Waals surface area contributed by atoms with Gasteiger partial charge >= 0.3 is 0 Å². The third-order valence-electron chi connectivity index (χ3n) is 4.89. The molecule has 0 aliphatic carbocycles. The third kappa shape index (κ3) is 6.19. The lowest BCUT2D eigenvalue weighted by atomic mass is 10.1. The minimum absolute atomic E-state index is 0.278. The van der Waals surface area contributed by atoms with Gasteiger partial charge in [-0.1, -0.05) is 48.0 Å². The van der Waals surface area contributed by atoms with E-state index in [9.17, 15) is 13.2 Å². The van der Waals surface area contributed by atoms with Gasteiger partial charge in [-0.15, -0.1) is 0 Å². The lowest BCUT2D eigenvalue weighted by Crippen LogP contribution is -2.40. The van der Waals surface area contributed by atoms with Gasteiger partial charge < -0.3 is 5.32 Å². The molecular weight excluding hydrogens is 410 g/mol. The number of amides is 1. The van der Waals surface area contributed by atoms with Crippen LogP contribution in [0.4, 0.5) is 5.69 Å². The van der Waals surface area contributed by atoms with E-state index in [1.165, 1.54) is 18.4 Å². The summed E-state index contributed by atoms with van der Waals surface area (Å²) < 4.78 is 25.4. The fourth-order valence-corrected chi connectivity index (χ4v) is 4.62. The number of anilines is 1. The number of halogens is 1. The first-order valence-electron chi connectivity index (χ1n) is 9.62. The van der Waals surface area contributed by atoms with E-state index in [2.05, 4.69) is 22.3 Å². The van der Waals surface area contributed by atoms with E-state index in [0.717, 1.165) is 35.8 Å². The first-order chi connectivity index (χ1) is 13.8. The Morgan fingerprint density at radius 1 is 1.10 bits per heavy atom. The van der Waals surface area contributed by atoms with Crippen LogP contribution >= 0.6 is 11.6 Å². The second-order valence-electron chi connectivity index (χ2n) is 7.30. The molecule has 156 valence electrons. The Kier molecular flexibility index (Phi) is 7.16. The minimum atomic E-state index is -3.66. The van der Waals surface area contributed by atoms with Crippen molar-refractivity contribution >= 4 is 33.2 Å². The molecule has 1 heterocycles. The van der Waals surface area contributed by atoms with Crippen LogP contribution < -0.4 is 9.62 Å². The summed E-state index contributed by atoms with van der Waals surface area (Å²) in [5.74, 6) is -0.389. The van der Waals surface area contributed by atoms with Crippen molar-refractivity contribution in [2.45, 2.75) is 25.9 Å². The highest BCUT2D eigenvalue weighted by atomic mass is 35.5. The molecule has 29 heavy (non-hydrogen) atoms. The number of carbonyl (C=O) groups excluding carboxylic acids is 1. The molecule has 1 amide bonds. The number of rotatable bonds is 8. The van der Waals surface area contributed by atoms with E-state index in [-0.39, 0.29) is 17.5 Å². The molecule has 2 aromatic carbocycles. The van der Waals surface area contributed by atoms with Crippen molar-refractivity contribution in [2.75, 3.05) is 30.2 Å². The van der Waals surface area contributed by atoms with E-state index < -0.39 is 10.0 Å². The SMILES string of the molecule is CS(=O)(=O)N(CC(=O)NCc1cccc(CN2CCCC2)c1)c1ccccc1Cl. The van der Waals surface area contributed by atoms with Gasteiger partial charge in [0.1, 0.15) is 6.54 Å². The van der Waals surface area contributed by atoms with Crippen LogP contribution in [-0.2, 0) is 27.9 Å². The van der Waals surface area contributed by atoms with Gasteiger partial charge in [-0.25, -0.2) is 8.42 Å². The Morgan fingerprint density at radius 3 is 2.48 bits per heavy atom. The molecule has 6 nitrogen and oxygen atoms in total. The largest absolute Gasteiger partial charge is 0.350 e. The standard InChI is InChI=1S/C21H26ClN3O3S/c1-29(27,28)25(20-10-3-2-9-19(20)22)16-21(26)23-14-17-7-6-8-18(13-17)15-24-11-4-5-12-24/h2-3,6-10,13H,4-5,11-12,14-16H2,1H3,(H,23,26). The van der Waals surface area contributed by atoms with Crippen LogP contribution in [0.1, 0.15) is 24.0 Å². The number of para-hydroxylation sites is 1. The summed E-state index contributed by atoms with van der Waals surface area (Å²) in [6, 6.07) is 14.7. The zero-order chi connectivity index (χ0) is 20.9. The molecule has 1 aliphatic rings. The average molecular weight is 436 g/mol. The molecule has 2 aromatic rings. The van der Waals surface area contributed by atoms with Crippen LogP contribution in [0.15, 0.2) is 48.5 Å². The first-order valence-corrected chi connectivity index (χ1v) is 11.8. The molecule has 1 N–H and O–H groups in total. The number of hydrogen-bond acceptors (Lipinski definition) is 4. The zero-order valence-corrected chi connectivity index (χ0v) is 18.0. The molecule has 0 unspecified atom stereocenters. The van der Waals surface area contributed by atoms with Crippen LogP contribution in [0.3, 0.4) is 0 Å². The van der Waals surface area contributed by atoms with E-state index >= 15 is 0 Å². The number of likely N-dealkylation sites (tertiary alicyclic amines) is 1. The maximum absolute atomic E-state index is 12.5. The van der Waals surface area contributed by atoms with Crippen LogP contribution in [0, 0.1) is 0 Å². The van der Waals surface area contributed by atoms with Crippen molar-refractivity contribution < 1.29 is 13.2 Å². The van der Waals surface area contributed by atoms with E-state index in [4.69, 9.17) is 11.6 Å².